The molecule has 32 heavy (non-hydrogen) atoms. The van der Waals surface area contributed by atoms with Crippen molar-refractivity contribution >= 4 is 29.1 Å². The van der Waals surface area contributed by atoms with Crippen LogP contribution >= 0.6 is 11.6 Å². The lowest BCUT2D eigenvalue weighted by Crippen LogP contribution is -2.61. The summed E-state index contributed by atoms with van der Waals surface area (Å²) < 4.78 is 6.18. The van der Waals surface area contributed by atoms with Crippen LogP contribution in [0.5, 0.6) is 11.5 Å². The van der Waals surface area contributed by atoms with E-state index in [-0.39, 0.29) is 6.04 Å². The first-order chi connectivity index (χ1) is 15.5. The normalized spacial score (nSPS) is 19.7. The van der Waals surface area contributed by atoms with Gasteiger partial charge in [-0.3, -0.25) is 4.79 Å². The number of fused-ring (bicyclic) bond motifs is 2. The number of amidine groups is 1. The summed E-state index contributed by atoms with van der Waals surface area (Å²) in [5, 5.41) is 14.3. The highest BCUT2D eigenvalue weighted by atomic mass is 35.5. The molecule has 2 heterocycles. The highest BCUT2D eigenvalue weighted by molar-refractivity contribution is 6.31. The zero-order valence-electron chi connectivity index (χ0n) is 18.6. The number of ether oxygens (including phenoxy) is 1. The number of nitrogens with one attached hydrogen (secondary N) is 1. The van der Waals surface area contributed by atoms with Crippen molar-refractivity contribution in [2.24, 2.45) is 10.4 Å². The Hall–Kier alpha value is -2.57. The largest absolute Gasteiger partial charge is 0.481 e. The van der Waals surface area contributed by atoms with E-state index in [2.05, 4.69) is 17.1 Å². The molecule has 2 aromatic carbocycles. The maximum atomic E-state index is 12.5. The van der Waals surface area contributed by atoms with Crippen LogP contribution in [0.4, 0.5) is 5.69 Å². The number of aliphatic imine (C=N–C) groups is 1. The maximum absolute atomic E-state index is 12.5. The summed E-state index contributed by atoms with van der Waals surface area (Å²) in [5.41, 5.74) is 0.758. The van der Waals surface area contributed by atoms with Gasteiger partial charge in [-0.15, -0.1) is 0 Å². The Bertz CT molecular complexity index is 1030. The van der Waals surface area contributed by atoms with E-state index in [9.17, 15) is 9.90 Å². The first kappa shape index (κ1) is 22.6. The zero-order valence-corrected chi connectivity index (χ0v) is 19.4. The minimum absolute atomic E-state index is 0.178. The van der Waals surface area contributed by atoms with Gasteiger partial charge < -0.3 is 20.1 Å². The Morgan fingerprint density at radius 1 is 1.28 bits per heavy atom. The van der Waals surface area contributed by atoms with E-state index in [4.69, 9.17) is 21.3 Å². The van der Waals surface area contributed by atoms with Gasteiger partial charge in [0.1, 0.15) is 17.3 Å². The molecule has 2 N–H and O–H groups in total. The fraction of sp³-hybridized carbons (Fsp3) is 0.440. The molecule has 0 saturated carbocycles. The lowest BCUT2D eigenvalue weighted by Gasteiger charge is -2.44. The van der Waals surface area contributed by atoms with Crippen molar-refractivity contribution in [2.45, 2.75) is 45.6 Å². The summed E-state index contributed by atoms with van der Waals surface area (Å²) in [6, 6.07) is 13.1. The average Bonchev–Trinajstić information content (AvgIpc) is 2.96. The van der Waals surface area contributed by atoms with Crippen LogP contribution in [0.25, 0.3) is 0 Å². The Balaban J connectivity index is 1.74. The molecule has 6 nitrogen and oxygen atoms in total. The van der Waals surface area contributed by atoms with E-state index in [1.54, 1.807) is 12.1 Å². The first-order valence-electron chi connectivity index (χ1n) is 11.4. The highest BCUT2D eigenvalue weighted by Gasteiger charge is 2.46. The van der Waals surface area contributed by atoms with Crippen molar-refractivity contribution in [3.8, 4) is 11.5 Å². The molecule has 2 aromatic rings. The number of aliphatic carboxylic acids is 1. The maximum Gasteiger partial charge on any atom is 0.311 e. The number of piperazine rings is 1. The minimum Gasteiger partial charge on any atom is -0.481 e. The minimum atomic E-state index is -0.808. The van der Waals surface area contributed by atoms with Gasteiger partial charge in [-0.2, -0.15) is 0 Å². The molecule has 0 aliphatic carbocycles. The second-order valence-corrected chi connectivity index (χ2v) is 8.95. The molecule has 2 atom stereocenters. The molecule has 170 valence electrons. The quantitative estimate of drug-likeness (QED) is 0.604. The Morgan fingerprint density at radius 2 is 2.09 bits per heavy atom. The van der Waals surface area contributed by atoms with E-state index in [0.29, 0.717) is 42.4 Å². The molecule has 0 amide bonds. The number of rotatable bonds is 6. The van der Waals surface area contributed by atoms with E-state index >= 15 is 0 Å². The molecule has 1 saturated heterocycles. The summed E-state index contributed by atoms with van der Waals surface area (Å²) >= 11 is 6.25. The van der Waals surface area contributed by atoms with Gasteiger partial charge in [-0.1, -0.05) is 50.4 Å². The fourth-order valence-corrected chi connectivity index (χ4v) is 4.91. The number of hydrogen-bond acceptors (Lipinski definition) is 5. The molecule has 1 fully saturated rings. The van der Waals surface area contributed by atoms with Gasteiger partial charge in [-0.05, 0) is 43.2 Å². The van der Waals surface area contributed by atoms with E-state index < -0.39 is 11.4 Å². The summed E-state index contributed by atoms with van der Waals surface area (Å²) in [6.45, 7) is 6.06. The number of hydrogen-bond donors (Lipinski definition) is 2. The van der Waals surface area contributed by atoms with Crippen LogP contribution in [-0.4, -0.2) is 47.5 Å². The second-order valence-electron chi connectivity index (χ2n) is 8.52. The van der Waals surface area contributed by atoms with Crippen LogP contribution in [0.2, 0.25) is 5.02 Å². The summed E-state index contributed by atoms with van der Waals surface area (Å²) in [6.07, 6.45) is 3.10. The molecule has 0 aromatic heterocycles. The number of carboxylic acid groups (broad SMARTS) is 1. The molecule has 2 aliphatic heterocycles. The predicted molar refractivity (Wildman–Crippen MR) is 127 cm³/mol. The molecule has 0 radical (unpaired) electrons. The van der Waals surface area contributed by atoms with E-state index in [1.807, 2.05) is 37.3 Å². The smallest absolute Gasteiger partial charge is 0.311 e. The zero-order chi connectivity index (χ0) is 22.7. The van der Waals surface area contributed by atoms with E-state index in [0.717, 1.165) is 36.5 Å². The third-order valence-corrected chi connectivity index (χ3v) is 6.91. The fourth-order valence-electron chi connectivity index (χ4n) is 4.75. The SMILES string of the molecule is CCCC[C@@](CC)(C(=O)O)C1CN(C2=Nc3cc(Cl)ccc3Oc3ccccc32)CCN1. The third-order valence-electron chi connectivity index (χ3n) is 6.67. The Kier molecular flexibility index (Phi) is 6.72. The molecular weight excluding hydrogens is 426 g/mol. The van der Waals surface area contributed by atoms with Gasteiger partial charge in [0.25, 0.3) is 0 Å². The molecule has 0 spiro atoms. The monoisotopic (exact) mass is 455 g/mol. The van der Waals surface area contributed by atoms with Crippen molar-refractivity contribution < 1.29 is 14.6 Å². The standard InChI is InChI=1S/C25H30ClN3O3/c1-3-5-12-25(4-2,24(30)31)22-16-29(14-13-27-22)23-18-8-6-7-9-20(18)32-21-11-10-17(26)15-19(21)28-23/h6-11,15,22,27H,3-5,12-14,16H2,1-2H3,(H,30,31)/t22?,25-/m1/s1. The van der Waals surface area contributed by atoms with Gasteiger partial charge in [0.05, 0.1) is 11.0 Å². The highest BCUT2D eigenvalue weighted by Crippen LogP contribution is 2.40. The molecular formula is C25H30ClN3O3. The molecule has 4 rings (SSSR count). The Labute approximate surface area is 194 Å². The number of unbranched alkanes of at least 4 members (excludes halogenated alkanes) is 1. The molecule has 2 aliphatic rings. The predicted octanol–water partition coefficient (Wildman–Crippen LogP) is 5.47. The summed E-state index contributed by atoms with van der Waals surface area (Å²) in [7, 11) is 0. The average molecular weight is 456 g/mol. The van der Waals surface area contributed by atoms with Crippen LogP contribution < -0.4 is 10.1 Å². The van der Waals surface area contributed by atoms with Crippen LogP contribution in [0.1, 0.15) is 45.1 Å². The topological polar surface area (TPSA) is 74.2 Å². The van der Waals surface area contributed by atoms with E-state index in [1.165, 1.54) is 0 Å². The van der Waals surface area contributed by atoms with Crippen LogP contribution in [0, 0.1) is 5.41 Å². The second kappa shape index (κ2) is 9.51. The third kappa shape index (κ3) is 4.21. The molecule has 7 heteroatoms. The lowest BCUT2D eigenvalue weighted by atomic mass is 9.73. The van der Waals surface area contributed by atoms with Crippen molar-refractivity contribution in [3.63, 3.8) is 0 Å². The van der Waals surface area contributed by atoms with Crippen LogP contribution in [-0.2, 0) is 4.79 Å². The van der Waals surface area contributed by atoms with Crippen LogP contribution in [0.15, 0.2) is 47.5 Å². The first-order valence-corrected chi connectivity index (χ1v) is 11.7. The lowest BCUT2D eigenvalue weighted by molar-refractivity contribution is -0.152. The molecule has 0 bridgehead atoms. The number of benzene rings is 2. The van der Waals surface area contributed by atoms with Crippen molar-refractivity contribution in [1.29, 1.82) is 0 Å². The molecule has 1 unspecified atom stereocenters. The van der Waals surface area contributed by atoms with Gasteiger partial charge in [-0.25, -0.2) is 4.99 Å². The number of carboxylic acids is 1. The van der Waals surface area contributed by atoms with Crippen molar-refractivity contribution in [2.75, 3.05) is 19.6 Å². The van der Waals surface area contributed by atoms with Crippen LogP contribution in [0.3, 0.4) is 0 Å². The van der Waals surface area contributed by atoms with Crippen molar-refractivity contribution in [3.05, 3.63) is 53.1 Å². The van der Waals surface area contributed by atoms with Gasteiger partial charge >= 0.3 is 5.97 Å². The van der Waals surface area contributed by atoms with Gasteiger partial charge in [0.2, 0.25) is 0 Å². The number of carbonyl (C=O) groups is 1. The van der Waals surface area contributed by atoms with Gasteiger partial charge in [0.15, 0.2) is 5.75 Å². The summed E-state index contributed by atoms with van der Waals surface area (Å²) in [5.74, 6) is 1.45. The van der Waals surface area contributed by atoms with Gasteiger partial charge in [0, 0.05) is 30.7 Å². The number of para-hydroxylation sites is 1. The van der Waals surface area contributed by atoms with Crippen molar-refractivity contribution in [1.82, 2.24) is 10.2 Å². The Morgan fingerprint density at radius 3 is 2.84 bits per heavy atom. The summed E-state index contributed by atoms with van der Waals surface area (Å²) in [4.78, 5) is 19.6. The number of halogens is 1. The number of nitrogens with zero attached hydrogens (tertiary/aromatic N) is 2.